The molecule has 2 atom stereocenters. The SMILES string of the molecule is COC(=O)NC(C(=O)N1CCCC1c1ncc(-c2ccc(-c3ccc(-c4cnc(CCCCNC(=O)Cc5ccccc5)[nH]4)c4ccccc34)c3ccccc23)[nH]1)C(C)C. The molecule has 1 saturated heterocycles. The quantitative estimate of drug-likeness (QED) is 0.0808. The number of H-pyrrole nitrogens is 2. The highest BCUT2D eigenvalue weighted by molar-refractivity contribution is 6.11. The molecule has 306 valence electrons. The molecule has 0 aliphatic carbocycles. The number of amides is 3. The summed E-state index contributed by atoms with van der Waals surface area (Å²) in [5.74, 6) is 1.46. The number of benzene rings is 5. The monoisotopic (exact) mass is 801 g/mol. The van der Waals surface area contributed by atoms with Gasteiger partial charge in [0.25, 0.3) is 0 Å². The fraction of sp³-hybridized carbons (Fsp3) is 0.286. The lowest BCUT2D eigenvalue weighted by Crippen LogP contribution is -2.51. The van der Waals surface area contributed by atoms with Crippen LogP contribution >= 0.6 is 0 Å². The normalized spacial score (nSPS) is 14.5. The number of ether oxygens (including phenoxy) is 1. The second-order valence-corrected chi connectivity index (χ2v) is 15.9. The maximum absolute atomic E-state index is 13.8. The van der Waals surface area contributed by atoms with Crippen molar-refractivity contribution in [1.82, 2.24) is 35.5 Å². The first-order valence-electron chi connectivity index (χ1n) is 20.9. The fourth-order valence-corrected chi connectivity index (χ4v) is 8.49. The van der Waals surface area contributed by atoms with Crippen molar-refractivity contribution in [3.05, 3.63) is 133 Å². The van der Waals surface area contributed by atoms with Crippen molar-refractivity contribution < 1.29 is 19.1 Å². The molecule has 1 aliphatic heterocycles. The maximum atomic E-state index is 13.8. The summed E-state index contributed by atoms with van der Waals surface area (Å²) in [5.41, 5.74) is 7.25. The first kappa shape index (κ1) is 40.0. The number of rotatable bonds is 14. The summed E-state index contributed by atoms with van der Waals surface area (Å²) in [7, 11) is 1.30. The molecule has 11 nitrogen and oxygen atoms in total. The smallest absolute Gasteiger partial charge is 0.407 e. The zero-order valence-corrected chi connectivity index (χ0v) is 34.3. The minimum atomic E-state index is -0.695. The number of hydrogen-bond acceptors (Lipinski definition) is 6. The molecule has 1 fully saturated rings. The number of alkyl carbamates (subject to hydrolysis) is 1. The summed E-state index contributed by atoms with van der Waals surface area (Å²) in [5, 5.41) is 10.3. The predicted molar refractivity (Wildman–Crippen MR) is 236 cm³/mol. The number of carbonyl (C=O) groups excluding carboxylic acids is 3. The van der Waals surface area contributed by atoms with E-state index < -0.39 is 12.1 Å². The van der Waals surface area contributed by atoms with Gasteiger partial charge in [-0.3, -0.25) is 9.59 Å². The maximum Gasteiger partial charge on any atom is 0.407 e. The molecule has 11 heteroatoms. The molecule has 0 radical (unpaired) electrons. The van der Waals surface area contributed by atoms with E-state index >= 15 is 0 Å². The lowest BCUT2D eigenvalue weighted by atomic mass is 9.89. The van der Waals surface area contributed by atoms with Gasteiger partial charge in [0.15, 0.2) is 0 Å². The van der Waals surface area contributed by atoms with Crippen molar-refractivity contribution in [2.24, 2.45) is 5.92 Å². The van der Waals surface area contributed by atoms with Crippen LogP contribution in [0.25, 0.3) is 55.2 Å². The van der Waals surface area contributed by atoms with Crippen LogP contribution < -0.4 is 10.6 Å². The minimum absolute atomic E-state index is 0.0446. The second kappa shape index (κ2) is 18.0. The van der Waals surface area contributed by atoms with Gasteiger partial charge in [-0.05, 0) is 69.8 Å². The molecular weight excluding hydrogens is 751 g/mol. The van der Waals surface area contributed by atoms with Gasteiger partial charge < -0.3 is 30.2 Å². The number of imidazole rings is 2. The number of aryl methyl sites for hydroxylation is 1. The van der Waals surface area contributed by atoms with Crippen molar-refractivity contribution >= 4 is 39.5 Å². The van der Waals surface area contributed by atoms with E-state index in [1.807, 2.05) is 61.5 Å². The Kier molecular flexibility index (Phi) is 12.0. The molecule has 8 rings (SSSR count). The van der Waals surface area contributed by atoms with Gasteiger partial charge in [-0.15, -0.1) is 0 Å². The molecule has 0 saturated carbocycles. The number of likely N-dealkylation sites (tertiary alicyclic amines) is 1. The van der Waals surface area contributed by atoms with Gasteiger partial charge in [0.1, 0.15) is 17.7 Å². The largest absolute Gasteiger partial charge is 0.453 e. The zero-order chi connectivity index (χ0) is 41.6. The van der Waals surface area contributed by atoms with E-state index in [0.29, 0.717) is 19.5 Å². The number of unbranched alkanes of at least 4 members (excludes halogenated alkanes) is 1. The van der Waals surface area contributed by atoms with E-state index in [1.54, 1.807) is 0 Å². The third-order valence-electron chi connectivity index (χ3n) is 11.6. The van der Waals surface area contributed by atoms with Gasteiger partial charge in [-0.2, -0.15) is 0 Å². The summed E-state index contributed by atoms with van der Waals surface area (Å²) in [6.07, 6.45) is 7.77. The third kappa shape index (κ3) is 8.52. The van der Waals surface area contributed by atoms with E-state index in [-0.39, 0.29) is 23.8 Å². The van der Waals surface area contributed by atoms with Crippen molar-refractivity contribution in [2.75, 3.05) is 20.2 Å². The van der Waals surface area contributed by atoms with Crippen molar-refractivity contribution in [3.63, 3.8) is 0 Å². The standard InChI is InChI=1S/C49H51N7O4/c1-31(2)46(55-49(59)60-3)48(58)56-27-13-20-43(56)47-52-30-42(54-47)40-25-23-38(34-17-8-10-19-36(34)40)37-22-24-39(35-18-9-7-16-33(35)37)41-29-51-44(53-41)21-11-12-26-50-45(57)28-32-14-5-4-6-15-32/h4-10,14-19,22-25,29-31,43,46H,11-13,20-21,26-28H2,1-3H3,(H,50,57)(H,51,53)(H,52,54)(H,55,59). The van der Waals surface area contributed by atoms with Crippen LogP contribution in [0.1, 0.15) is 62.8 Å². The van der Waals surface area contributed by atoms with Crippen LogP contribution in [0.2, 0.25) is 0 Å². The van der Waals surface area contributed by atoms with Crippen LogP contribution in [0, 0.1) is 5.92 Å². The Balaban J connectivity index is 0.996. The highest BCUT2D eigenvalue weighted by Gasteiger charge is 2.37. The summed E-state index contributed by atoms with van der Waals surface area (Å²) >= 11 is 0. The molecule has 0 spiro atoms. The van der Waals surface area contributed by atoms with E-state index in [1.165, 1.54) is 7.11 Å². The molecule has 4 N–H and O–H groups in total. The number of aromatic amines is 2. The fourth-order valence-electron chi connectivity index (χ4n) is 8.49. The topological polar surface area (TPSA) is 145 Å². The Morgan fingerprint density at radius 3 is 1.97 bits per heavy atom. The molecule has 0 bridgehead atoms. The molecule has 3 heterocycles. The summed E-state index contributed by atoms with van der Waals surface area (Å²) in [6, 6.07) is 34.6. The summed E-state index contributed by atoms with van der Waals surface area (Å²) in [6.45, 7) is 5.07. The number of fused-ring (bicyclic) bond motifs is 2. The number of hydrogen-bond donors (Lipinski definition) is 4. The highest BCUT2D eigenvalue weighted by Crippen LogP contribution is 2.41. The van der Waals surface area contributed by atoms with Crippen LogP contribution in [0.5, 0.6) is 0 Å². The Morgan fingerprint density at radius 1 is 0.750 bits per heavy atom. The number of nitrogens with zero attached hydrogens (tertiary/aromatic N) is 3. The summed E-state index contributed by atoms with van der Waals surface area (Å²) in [4.78, 5) is 56.7. The van der Waals surface area contributed by atoms with Gasteiger partial charge >= 0.3 is 6.09 Å². The Bertz CT molecular complexity index is 2630. The van der Waals surface area contributed by atoms with Crippen LogP contribution in [0.15, 0.2) is 116 Å². The Labute approximate surface area is 350 Å². The zero-order valence-electron chi connectivity index (χ0n) is 34.3. The molecular formula is C49H51N7O4. The Morgan fingerprint density at radius 2 is 1.33 bits per heavy atom. The van der Waals surface area contributed by atoms with E-state index in [2.05, 4.69) is 93.4 Å². The van der Waals surface area contributed by atoms with Gasteiger partial charge in [0, 0.05) is 30.6 Å². The number of carbonyl (C=O) groups is 3. The number of methoxy groups -OCH3 is 1. The molecule has 60 heavy (non-hydrogen) atoms. The molecule has 7 aromatic rings. The molecule has 2 unspecified atom stereocenters. The average molecular weight is 802 g/mol. The molecule has 3 amide bonds. The van der Waals surface area contributed by atoms with Crippen LogP contribution in [0.3, 0.4) is 0 Å². The van der Waals surface area contributed by atoms with Crippen molar-refractivity contribution in [3.8, 4) is 33.6 Å². The first-order valence-corrected chi connectivity index (χ1v) is 20.9. The summed E-state index contributed by atoms with van der Waals surface area (Å²) < 4.78 is 4.81. The molecule has 1 aliphatic rings. The molecule has 2 aromatic heterocycles. The van der Waals surface area contributed by atoms with E-state index in [4.69, 9.17) is 14.7 Å². The van der Waals surface area contributed by atoms with Crippen LogP contribution in [-0.4, -0.2) is 69.0 Å². The van der Waals surface area contributed by atoms with E-state index in [9.17, 15) is 14.4 Å². The van der Waals surface area contributed by atoms with E-state index in [0.717, 1.165) is 105 Å². The van der Waals surface area contributed by atoms with Gasteiger partial charge in [-0.25, -0.2) is 14.8 Å². The third-order valence-corrected chi connectivity index (χ3v) is 11.6. The Hall–Kier alpha value is -6.75. The lowest BCUT2D eigenvalue weighted by Gasteiger charge is -2.30. The predicted octanol–water partition coefficient (Wildman–Crippen LogP) is 9.17. The molecule has 5 aromatic carbocycles. The van der Waals surface area contributed by atoms with Crippen molar-refractivity contribution in [1.29, 1.82) is 0 Å². The minimum Gasteiger partial charge on any atom is -0.453 e. The van der Waals surface area contributed by atoms with Crippen LogP contribution in [0.4, 0.5) is 4.79 Å². The van der Waals surface area contributed by atoms with Gasteiger partial charge in [0.05, 0.1) is 43.4 Å². The number of nitrogens with one attached hydrogen (secondary N) is 4. The van der Waals surface area contributed by atoms with Gasteiger partial charge in [-0.1, -0.05) is 117 Å². The number of aromatic nitrogens is 4. The van der Waals surface area contributed by atoms with Gasteiger partial charge in [0.2, 0.25) is 11.8 Å². The lowest BCUT2D eigenvalue weighted by molar-refractivity contribution is -0.135. The second-order valence-electron chi connectivity index (χ2n) is 15.9. The highest BCUT2D eigenvalue weighted by atomic mass is 16.5. The average Bonchev–Trinajstić information content (AvgIpc) is 4.07. The van der Waals surface area contributed by atoms with Crippen molar-refractivity contribution in [2.45, 2.75) is 64.5 Å². The van der Waals surface area contributed by atoms with Crippen LogP contribution in [-0.2, 0) is 27.2 Å². The first-order chi connectivity index (χ1) is 29.3.